The minimum Gasteiger partial charge on any atom is -0.348 e. The lowest BCUT2D eigenvalue weighted by atomic mass is 9.83. The first-order chi connectivity index (χ1) is 13.1. The molecule has 1 atom stereocenters. The maximum absolute atomic E-state index is 12.8. The van der Waals surface area contributed by atoms with Crippen molar-refractivity contribution >= 4 is 11.8 Å². The van der Waals surface area contributed by atoms with Crippen LogP contribution < -0.4 is 0 Å². The summed E-state index contributed by atoms with van der Waals surface area (Å²) in [6.45, 7) is 5.99. The third kappa shape index (κ3) is 3.24. The average Bonchev–Trinajstić information content (AvgIpc) is 3.37. The molecule has 0 aliphatic carbocycles. The molecule has 0 aromatic carbocycles. The quantitative estimate of drug-likeness (QED) is 0.860. The van der Waals surface area contributed by atoms with E-state index in [2.05, 4.69) is 19.9 Å². The highest BCUT2D eigenvalue weighted by Gasteiger charge is 2.40. The number of hydrogen-bond acceptors (Lipinski definition) is 4. The third-order valence-corrected chi connectivity index (χ3v) is 5.75. The van der Waals surface area contributed by atoms with Crippen molar-refractivity contribution in [1.82, 2.24) is 29.7 Å². The molecule has 2 aromatic rings. The van der Waals surface area contributed by atoms with Gasteiger partial charge < -0.3 is 19.8 Å². The van der Waals surface area contributed by atoms with E-state index < -0.39 is 0 Å². The van der Waals surface area contributed by atoms with Crippen LogP contribution in [0.4, 0.5) is 0 Å². The van der Waals surface area contributed by atoms with Crippen molar-refractivity contribution in [2.45, 2.75) is 39.2 Å². The summed E-state index contributed by atoms with van der Waals surface area (Å²) in [7, 11) is 0. The number of aromatic amines is 2. The van der Waals surface area contributed by atoms with Gasteiger partial charge in [0.2, 0.25) is 5.91 Å². The molecule has 8 nitrogen and oxygen atoms in total. The topological polar surface area (TPSA) is 98.0 Å². The summed E-state index contributed by atoms with van der Waals surface area (Å²) >= 11 is 0. The van der Waals surface area contributed by atoms with Crippen LogP contribution in [0, 0.1) is 11.8 Å². The standard InChI is InChI=1S/C19H26N6O2/c1-12(2)18(26)25-8-5-14-16(23-11-22-14)17(25)13-3-6-24(7-4-13)19(27)15-9-20-10-21-15/h9-13,17H,3-8H2,1-2H3,(H,20,21)(H,22,23). The number of imidazole rings is 2. The molecule has 2 N–H and O–H groups in total. The van der Waals surface area contributed by atoms with Crippen LogP contribution in [0.5, 0.6) is 0 Å². The van der Waals surface area contributed by atoms with Crippen LogP contribution in [0.3, 0.4) is 0 Å². The van der Waals surface area contributed by atoms with E-state index in [-0.39, 0.29) is 23.8 Å². The fourth-order valence-corrected chi connectivity index (χ4v) is 4.32. The predicted molar refractivity (Wildman–Crippen MR) is 98.8 cm³/mol. The van der Waals surface area contributed by atoms with Crippen LogP contribution in [0.1, 0.15) is 54.6 Å². The predicted octanol–water partition coefficient (Wildman–Crippen LogP) is 1.77. The van der Waals surface area contributed by atoms with E-state index in [0.717, 1.165) is 37.2 Å². The molecular formula is C19H26N6O2. The molecule has 0 spiro atoms. The highest BCUT2D eigenvalue weighted by atomic mass is 16.2. The molecule has 4 heterocycles. The van der Waals surface area contributed by atoms with Crippen molar-refractivity contribution < 1.29 is 9.59 Å². The second-order valence-electron chi connectivity index (χ2n) is 7.74. The summed E-state index contributed by atoms with van der Waals surface area (Å²) in [5.41, 5.74) is 2.68. The van der Waals surface area contributed by atoms with Crippen LogP contribution in [0.25, 0.3) is 0 Å². The Morgan fingerprint density at radius 3 is 2.59 bits per heavy atom. The lowest BCUT2D eigenvalue weighted by molar-refractivity contribution is -0.139. The molecule has 4 rings (SSSR count). The highest BCUT2D eigenvalue weighted by Crippen LogP contribution is 2.39. The largest absolute Gasteiger partial charge is 0.348 e. The van der Waals surface area contributed by atoms with Gasteiger partial charge in [-0.3, -0.25) is 9.59 Å². The normalized spacial score (nSPS) is 20.8. The zero-order valence-electron chi connectivity index (χ0n) is 15.8. The Morgan fingerprint density at radius 1 is 1.15 bits per heavy atom. The molecule has 2 amide bonds. The van der Waals surface area contributed by atoms with Crippen LogP contribution >= 0.6 is 0 Å². The fourth-order valence-electron chi connectivity index (χ4n) is 4.32. The summed E-state index contributed by atoms with van der Waals surface area (Å²) in [4.78, 5) is 43.9. The first kappa shape index (κ1) is 17.8. The Morgan fingerprint density at radius 2 is 1.93 bits per heavy atom. The first-order valence-corrected chi connectivity index (χ1v) is 9.66. The third-order valence-electron chi connectivity index (χ3n) is 5.75. The molecule has 27 heavy (non-hydrogen) atoms. The van der Waals surface area contributed by atoms with E-state index in [9.17, 15) is 9.59 Å². The second kappa shape index (κ2) is 7.17. The van der Waals surface area contributed by atoms with Gasteiger partial charge in [-0.15, -0.1) is 0 Å². The second-order valence-corrected chi connectivity index (χ2v) is 7.74. The molecule has 0 bridgehead atoms. The Kier molecular flexibility index (Phi) is 4.72. The summed E-state index contributed by atoms with van der Waals surface area (Å²) < 4.78 is 0. The number of hydrogen-bond donors (Lipinski definition) is 2. The van der Waals surface area contributed by atoms with Gasteiger partial charge in [-0.2, -0.15) is 0 Å². The van der Waals surface area contributed by atoms with E-state index in [1.807, 2.05) is 23.6 Å². The zero-order chi connectivity index (χ0) is 19.0. The maximum atomic E-state index is 12.8. The van der Waals surface area contributed by atoms with Gasteiger partial charge in [0.05, 0.1) is 30.6 Å². The molecule has 0 radical (unpaired) electrons. The fraction of sp³-hybridized carbons (Fsp3) is 0.579. The van der Waals surface area contributed by atoms with Gasteiger partial charge in [-0.05, 0) is 18.8 Å². The van der Waals surface area contributed by atoms with Crippen molar-refractivity contribution in [1.29, 1.82) is 0 Å². The molecular weight excluding hydrogens is 344 g/mol. The van der Waals surface area contributed by atoms with Gasteiger partial charge in [0.25, 0.3) is 5.91 Å². The van der Waals surface area contributed by atoms with E-state index >= 15 is 0 Å². The van der Waals surface area contributed by atoms with Crippen LogP contribution in [-0.4, -0.2) is 61.2 Å². The van der Waals surface area contributed by atoms with E-state index in [1.54, 1.807) is 12.5 Å². The number of likely N-dealkylation sites (tertiary alicyclic amines) is 1. The van der Waals surface area contributed by atoms with E-state index in [0.29, 0.717) is 24.7 Å². The van der Waals surface area contributed by atoms with Gasteiger partial charge in [-0.1, -0.05) is 13.8 Å². The number of nitrogens with zero attached hydrogens (tertiary/aromatic N) is 4. The van der Waals surface area contributed by atoms with Gasteiger partial charge in [0.15, 0.2) is 0 Å². The molecule has 1 fully saturated rings. The van der Waals surface area contributed by atoms with Gasteiger partial charge in [0, 0.05) is 37.7 Å². The Hall–Kier alpha value is -2.64. The minimum absolute atomic E-state index is 0.000642. The lowest BCUT2D eigenvalue weighted by Crippen LogP contribution is -2.48. The van der Waals surface area contributed by atoms with Gasteiger partial charge in [-0.25, -0.2) is 9.97 Å². The number of fused-ring (bicyclic) bond motifs is 1. The van der Waals surface area contributed by atoms with Crippen LogP contribution in [0.15, 0.2) is 18.9 Å². The zero-order valence-corrected chi connectivity index (χ0v) is 15.8. The number of amides is 2. The van der Waals surface area contributed by atoms with Crippen molar-refractivity contribution in [2.75, 3.05) is 19.6 Å². The summed E-state index contributed by atoms with van der Waals surface area (Å²) in [6.07, 6.45) is 7.36. The van der Waals surface area contributed by atoms with E-state index in [4.69, 9.17) is 0 Å². The summed E-state index contributed by atoms with van der Waals surface area (Å²) in [5.74, 6) is 0.450. The minimum atomic E-state index is -0.0324. The Labute approximate surface area is 158 Å². The van der Waals surface area contributed by atoms with E-state index in [1.165, 1.54) is 6.33 Å². The smallest absolute Gasteiger partial charge is 0.271 e. The lowest BCUT2D eigenvalue weighted by Gasteiger charge is -2.43. The molecule has 1 unspecified atom stereocenters. The number of rotatable bonds is 3. The molecule has 8 heteroatoms. The highest BCUT2D eigenvalue weighted by molar-refractivity contribution is 5.92. The molecule has 1 saturated heterocycles. The summed E-state index contributed by atoms with van der Waals surface area (Å²) in [5, 5.41) is 0. The maximum Gasteiger partial charge on any atom is 0.271 e. The Bertz CT molecular complexity index is 804. The van der Waals surface area contributed by atoms with Gasteiger partial charge in [0.1, 0.15) is 5.69 Å². The van der Waals surface area contributed by atoms with Crippen molar-refractivity contribution in [3.8, 4) is 0 Å². The molecule has 144 valence electrons. The number of carbonyl (C=O) groups excluding carboxylic acids is 2. The number of H-pyrrole nitrogens is 2. The van der Waals surface area contributed by atoms with Crippen molar-refractivity contribution in [2.24, 2.45) is 11.8 Å². The average molecular weight is 370 g/mol. The number of aromatic nitrogens is 4. The number of piperidine rings is 1. The number of nitrogens with one attached hydrogen (secondary N) is 2. The van der Waals surface area contributed by atoms with Crippen LogP contribution in [0.2, 0.25) is 0 Å². The van der Waals surface area contributed by atoms with Crippen LogP contribution in [-0.2, 0) is 11.2 Å². The van der Waals surface area contributed by atoms with Crippen molar-refractivity contribution in [3.05, 3.63) is 35.9 Å². The Balaban J connectivity index is 1.51. The number of carbonyl (C=O) groups is 2. The van der Waals surface area contributed by atoms with Crippen molar-refractivity contribution in [3.63, 3.8) is 0 Å². The molecule has 2 aliphatic heterocycles. The molecule has 2 aliphatic rings. The summed E-state index contributed by atoms with van der Waals surface area (Å²) in [6, 6.07) is -0.000642. The molecule has 2 aromatic heterocycles. The monoisotopic (exact) mass is 370 g/mol. The molecule has 0 saturated carbocycles. The van der Waals surface area contributed by atoms with Gasteiger partial charge >= 0.3 is 0 Å². The first-order valence-electron chi connectivity index (χ1n) is 9.66. The SMILES string of the molecule is CC(C)C(=O)N1CCc2[nH]cnc2C1C1CCN(C(=O)c2cnc[nH]2)CC1.